The van der Waals surface area contributed by atoms with Gasteiger partial charge in [-0.1, -0.05) is 12.1 Å². The minimum atomic E-state index is -0.854. The summed E-state index contributed by atoms with van der Waals surface area (Å²) in [7, 11) is 4.51. The number of aryl methyl sites for hydroxylation is 1. The first-order valence-corrected chi connectivity index (χ1v) is 10.2. The predicted molar refractivity (Wildman–Crippen MR) is 122 cm³/mol. The maximum atomic E-state index is 13.9. The summed E-state index contributed by atoms with van der Waals surface area (Å²) in [4.78, 5) is 25.4. The number of benzene rings is 3. The molecule has 8 heteroatoms. The molecule has 0 aromatic heterocycles. The van der Waals surface area contributed by atoms with Crippen molar-refractivity contribution in [3.8, 4) is 28.7 Å². The molecule has 0 saturated heterocycles. The van der Waals surface area contributed by atoms with Gasteiger partial charge in [-0.2, -0.15) is 0 Å². The average molecular weight is 464 g/mol. The highest BCUT2D eigenvalue weighted by molar-refractivity contribution is 6.15. The minimum absolute atomic E-state index is 0.0567. The number of hydrogen-bond acceptors (Lipinski definition) is 7. The summed E-state index contributed by atoms with van der Waals surface area (Å²) in [5.74, 6) is -0.0868. The van der Waals surface area contributed by atoms with Crippen molar-refractivity contribution in [1.82, 2.24) is 0 Å². The quantitative estimate of drug-likeness (QED) is 0.289. The van der Waals surface area contributed by atoms with Crippen LogP contribution in [0.4, 0.5) is 4.39 Å². The first-order chi connectivity index (χ1) is 16.4. The molecule has 0 saturated carbocycles. The standard InChI is InChI=1S/C26H21FO7/c1-14-9-16(33-26(29)17-7-5-6-8-18(17)27)12-22-24(14)25(28)23(34-22)11-15-10-20(31-3)21(32-4)13-19(15)30-2/h5-13H,1-4H3/b23-11-. The van der Waals surface area contributed by atoms with Gasteiger partial charge in [-0.15, -0.1) is 0 Å². The van der Waals surface area contributed by atoms with E-state index in [0.717, 1.165) is 0 Å². The molecule has 0 amide bonds. The average Bonchev–Trinajstić information content (AvgIpc) is 3.14. The van der Waals surface area contributed by atoms with Gasteiger partial charge in [0.05, 0.1) is 32.5 Å². The monoisotopic (exact) mass is 464 g/mol. The fourth-order valence-corrected chi connectivity index (χ4v) is 3.63. The molecule has 0 spiro atoms. The van der Waals surface area contributed by atoms with Gasteiger partial charge in [0.15, 0.2) is 17.3 Å². The Labute approximate surface area is 195 Å². The molecular weight excluding hydrogens is 443 g/mol. The Morgan fingerprint density at radius 3 is 2.29 bits per heavy atom. The Hall–Kier alpha value is -4.33. The molecule has 1 aliphatic rings. The van der Waals surface area contributed by atoms with E-state index in [9.17, 15) is 14.0 Å². The summed E-state index contributed by atoms with van der Waals surface area (Å²) < 4.78 is 41.1. The van der Waals surface area contributed by atoms with Crippen LogP contribution in [0.2, 0.25) is 0 Å². The number of Topliss-reactive ketones (excluding diaryl/α,β-unsaturated/α-hetero) is 1. The summed E-state index contributed by atoms with van der Waals surface area (Å²) in [6.45, 7) is 1.69. The van der Waals surface area contributed by atoms with Crippen LogP contribution in [0.5, 0.6) is 28.7 Å². The van der Waals surface area contributed by atoms with Crippen molar-refractivity contribution in [3.63, 3.8) is 0 Å². The lowest BCUT2D eigenvalue weighted by Gasteiger charge is -2.12. The summed E-state index contributed by atoms with van der Waals surface area (Å²) >= 11 is 0. The Morgan fingerprint density at radius 2 is 1.62 bits per heavy atom. The number of fused-ring (bicyclic) bond motifs is 1. The van der Waals surface area contributed by atoms with Crippen LogP contribution < -0.4 is 23.7 Å². The van der Waals surface area contributed by atoms with E-state index in [0.29, 0.717) is 33.9 Å². The Bertz CT molecular complexity index is 1330. The summed E-state index contributed by atoms with van der Waals surface area (Å²) in [5.41, 5.74) is 1.23. The van der Waals surface area contributed by atoms with Crippen LogP contribution in [0, 0.1) is 12.7 Å². The zero-order valence-electron chi connectivity index (χ0n) is 18.9. The maximum absolute atomic E-state index is 13.9. The predicted octanol–water partition coefficient (Wildman–Crippen LogP) is 5.00. The highest BCUT2D eigenvalue weighted by Gasteiger charge is 2.31. The highest BCUT2D eigenvalue weighted by Crippen LogP contribution is 2.40. The zero-order valence-corrected chi connectivity index (χ0v) is 18.9. The van der Waals surface area contributed by atoms with Gasteiger partial charge in [-0.3, -0.25) is 4.79 Å². The number of ketones is 1. The van der Waals surface area contributed by atoms with Gasteiger partial charge < -0.3 is 23.7 Å². The third-order valence-electron chi connectivity index (χ3n) is 5.27. The molecule has 0 radical (unpaired) electrons. The molecule has 0 aliphatic carbocycles. The smallest absolute Gasteiger partial charge is 0.346 e. The van der Waals surface area contributed by atoms with Gasteiger partial charge in [-0.25, -0.2) is 9.18 Å². The molecule has 7 nitrogen and oxygen atoms in total. The van der Waals surface area contributed by atoms with Crippen molar-refractivity contribution >= 4 is 17.8 Å². The molecule has 3 aromatic rings. The number of hydrogen-bond donors (Lipinski definition) is 0. The number of rotatable bonds is 6. The zero-order chi connectivity index (χ0) is 24.4. The lowest BCUT2D eigenvalue weighted by atomic mass is 10.0. The lowest BCUT2D eigenvalue weighted by molar-refractivity contribution is 0.0729. The van der Waals surface area contributed by atoms with Gasteiger partial charge in [0.1, 0.15) is 23.1 Å². The second-order valence-corrected chi connectivity index (χ2v) is 7.37. The van der Waals surface area contributed by atoms with E-state index in [2.05, 4.69) is 0 Å². The summed E-state index contributed by atoms with van der Waals surface area (Å²) in [6, 6.07) is 11.8. The van der Waals surface area contributed by atoms with E-state index < -0.39 is 11.8 Å². The van der Waals surface area contributed by atoms with Crippen LogP contribution >= 0.6 is 0 Å². The van der Waals surface area contributed by atoms with Crippen molar-refractivity contribution in [3.05, 3.63) is 82.4 Å². The third kappa shape index (κ3) is 4.17. The van der Waals surface area contributed by atoms with E-state index in [1.165, 1.54) is 63.8 Å². The van der Waals surface area contributed by atoms with Crippen LogP contribution in [0.3, 0.4) is 0 Å². The second-order valence-electron chi connectivity index (χ2n) is 7.37. The molecule has 0 fully saturated rings. The third-order valence-corrected chi connectivity index (χ3v) is 5.27. The fourth-order valence-electron chi connectivity index (χ4n) is 3.63. The van der Waals surface area contributed by atoms with Crippen molar-refractivity contribution in [2.75, 3.05) is 21.3 Å². The summed E-state index contributed by atoms with van der Waals surface area (Å²) in [5, 5.41) is 0. The largest absolute Gasteiger partial charge is 0.496 e. The van der Waals surface area contributed by atoms with Crippen molar-refractivity contribution < 1.29 is 37.7 Å². The van der Waals surface area contributed by atoms with Crippen LogP contribution in [0.15, 0.2) is 54.3 Å². The molecule has 0 unspecified atom stereocenters. The first-order valence-electron chi connectivity index (χ1n) is 10.2. The molecule has 1 aliphatic heterocycles. The van der Waals surface area contributed by atoms with Crippen LogP contribution in [-0.2, 0) is 0 Å². The van der Waals surface area contributed by atoms with Crippen molar-refractivity contribution in [1.29, 1.82) is 0 Å². The fraction of sp³-hybridized carbons (Fsp3) is 0.154. The molecule has 4 rings (SSSR count). The minimum Gasteiger partial charge on any atom is -0.496 e. The molecule has 0 N–H and O–H groups in total. The van der Waals surface area contributed by atoms with E-state index in [1.807, 2.05) is 0 Å². The molecule has 3 aromatic carbocycles. The van der Waals surface area contributed by atoms with Gasteiger partial charge in [0, 0.05) is 17.7 Å². The first kappa shape index (κ1) is 22.8. The van der Waals surface area contributed by atoms with Gasteiger partial charge in [0.2, 0.25) is 5.78 Å². The second kappa shape index (κ2) is 9.27. The van der Waals surface area contributed by atoms with Gasteiger partial charge in [0.25, 0.3) is 0 Å². The topological polar surface area (TPSA) is 80.3 Å². The molecule has 0 atom stereocenters. The summed E-state index contributed by atoms with van der Waals surface area (Å²) in [6.07, 6.45) is 1.54. The Morgan fingerprint density at radius 1 is 0.941 bits per heavy atom. The Kier molecular flexibility index (Phi) is 6.23. The number of ether oxygens (including phenoxy) is 5. The normalized spacial score (nSPS) is 13.3. The van der Waals surface area contributed by atoms with E-state index in [1.54, 1.807) is 19.1 Å². The molecule has 174 valence electrons. The molecule has 1 heterocycles. The van der Waals surface area contributed by atoms with E-state index in [-0.39, 0.29) is 28.6 Å². The maximum Gasteiger partial charge on any atom is 0.346 e. The lowest BCUT2D eigenvalue weighted by Crippen LogP contribution is -2.10. The molecule has 34 heavy (non-hydrogen) atoms. The van der Waals surface area contributed by atoms with E-state index >= 15 is 0 Å². The van der Waals surface area contributed by atoms with Crippen LogP contribution in [-0.4, -0.2) is 33.1 Å². The Balaban J connectivity index is 1.66. The highest BCUT2D eigenvalue weighted by atomic mass is 19.1. The molecular formula is C26H21FO7. The number of carbonyl (C=O) groups is 2. The van der Waals surface area contributed by atoms with Gasteiger partial charge in [-0.05, 0) is 42.8 Å². The number of halogens is 1. The molecule has 0 bridgehead atoms. The van der Waals surface area contributed by atoms with Crippen LogP contribution in [0.25, 0.3) is 6.08 Å². The number of methoxy groups -OCH3 is 3. The number of carbonyl (C=O) groups excluding carboxylic acids is 2. The SMILES string of the molecule is COc1cc(OC)c(OC)cc1/C=C1\Oc2cc(OC(=O)c3ccccc3F)cc(C)c2C1=O. The van der Waals surface area contributed by atoms with Crippen molar-refractivity contribution in [2.45, 2.75) is 6.92 Å². The van der Waals surface area contributed by atoms with Crippen LogP contribution in [0.1, 0.15) is 31.8 Å². The van der Waals surface area contributed by atoms with E-state index in [4.69, 9.17) is 23.7 Å². The number of esters is 1. The van der Waals surface area contributed by atoms with Gasteiger partial charge >= 0.3 is 5.97 Å². The van der Waals surface area contributed by atoms with Crippen molar-refractivity contribution in [2.24, 2.45) is 0 Å². The number of allylic oxidation sites excluding steroid dienone is 1.